The minimum absolute atomic E-state index is 0.181. The van der Waals surface area contributed by atoms with Crippen molar-refractivity contribution in [2.45, 2.75) is 26.7 Å². The van der Waals surface area contributed by atoms with Crippen LogP contribution in [0.25, 0.3) is 0 Å². The maximum Gasteiger partial charge on any atom is 0.259 e. The van der Waals surface area contributed by atoms with Crippen molar-refractivity contribution in [3.8, 4) is 5.75 Å². The Morgan fingerprint density at radius 1 is 1.24 bits per heavy atom. The van der Waals surface area contributed by atoms with Gasteiger partial charge in [-0.1, -0.05) is 19.9 Å². The zero-order valence-corrected chi connectivity index (χ0v) is 12.8. The van der Waals surface area contributed by atoms with E-state index in [2.05, 4.69) is 24.1 Å². The van der Waals surface area contributed by atoms with E-state index in [0.29, 0.717) is 17.2 Å². The molecule has 21 heavy (non-hydrogen) atoms. The summed E-state index contributed by atoms with van der Waals surface area (Å²) in [4.78, 5) is 16.6. The third-order valence-corrected chi connectivity index (χ3v) is 3.29. The lowest BCUT2D eigenvalue weighted by atomic mass is 10.00. The second kappa shape index (κ2) is 6.39. The van der Waals surface area contributed by atoms with Crippen LogP contribution in [0.4, 0.5) is 5.69 Å². The van der Waals surface area contributed by atoms with Gasteiger partial charge in [-0.05, 0) is 42.7 Å². The number of aryl methyl sites for hydroxylation is 1. The highest BCUT2D eigenvalue weighted by atomic mass is 16.5. The predicted molar refractivity (Wildman–Crippen MR) is 84.0 cm³/mol. The Kier molecular flexibility index (Phi) is 4.58. The van der Waals surface area contributed by atoms with E-state index in [4.69, 9.17) is 4.74 Å². The summed E-state index contributed by atoms with van der Waals surface area (Å²) >= 11 is 0. The molecule has 0 radical (unpaired) electrons. The van der Waals surface area contributed by atoms with Crippen molar-refractivity contribution >= 4 is 11.6 Å². The molecule has 1 amide bonds. The van der Waals surface area contributed by atoms with Crippen LogP contribution in [-0.2, 0) is 0 Å². The lowest BCUT2D eigenvalue weighted by Crippen LogP contribution is -2.14. The first-order chi connectivity index (χ1) is 10.0. The molecule has 0 atom stereocenters. The van der Waals surface area contributed by atoms with Crippen LogP contribution in [0, 0.1) is 6.92 Å². The van der Waals surface area contributed by atoms with Crippen molar-refractivity contribution in [2.24, 2.45) is 0 Å². The van der Waals surface area contributed by atoms with Gasteiger partial charge in [-0.2, -0.15) is 0 Å². The molecule has 4 heteroatoms. The van der Waals surface area contributed by atoms with E-state index in [-0.39, 0.29) is 5.91 Å². The number of rotatable bonds is 4. The van der Waals surface area contributed by atoms with Crippen LogP contribution in [0.2, 0.25) is 0 Å². The van der Waals surface area contributed by atoms with Gasteiger partial charge in [0.1, 0.15) is 5.75 Å². The van der Waals surface area contributed by atoms with Gasteiger partial charge in [0, 0.05) is 17.6 Å². The fraction of sp³-hybridized carbons (Fsp3) is 0.294. The molecule has 1 N–H and O–H groups in total. The molecule has 0 aliphatic carbocycles. The molecule has 0 aliphatic heterocycles. The molecule has 0 aliphatic rings. The molecule has 4 nitrogen and oxygen atoms in total. The molecule has 2 aromatic rings. The molecule has 0 saturated carbocycles. The maximum absolute atomic E-state index is 12.5. The Morgan fingerprint density at radius 2 is 2.00 bits per heavy atom. The number of benzene rings is 1. The van der Waals surface area contributed by atoms with Crippen molar-refractivity contribution in [3.05, 3.63) is 53.3 Å². The van der Waals surface area contributed by atoms with Gasteiger partial charge >= 0.3 is 0 Å². The summed E-state index contributed by atoms with van der Waals surface area (Å²) in [6, 6.07) is 9.30. The molecule has 0 unspecified atom stereocenters. The van der Waals surface area contributed by atoms with E-state index in [1.54, 1.807) is 19.4 Å². The number of aromatic nitrogens is 1. The van der Waals surface area contributed by atoms with Gasteiger partial charge in [0.05, 0.1) is 12.7 Å². The fourth-order valence-corrected chi connectivity index (χ4v) is 2.08. The molecule has 1 aromatic carbocycles. The highest BCUT2D eigenvalue weighted by molar-refractivity contribution is 6.06. The summed E-state index contributed by atoms with van der Waals surface area (Å²) in [5.41, 5.74) is 3.23. The minimum Gasteiger partial charge on any atom is -0.496 e. The zero-order valence-electron chi connectivity index (χ0n) is 12.8. The molecule has 110 valence electrons. The lowest BCUT2D eigenvalue weighted by molar-refractivity contribution is 0.102. The van der Waals surface area contributed by atoms with Gasteiger partial charge in [-0.3, -0.25) is 9.78 Å². The number of methoxy groups -OCH3 is 1. The molecule has 0 saturated heterocycles. The Morgan fingerprint density at radius 3 is 2.62 bits per heavy atom. The van der Waals surface area contributed by atoms with Gasteiger partial charge in [0.15, 0.2) is 0 Å². The van der Waals surface area contributed by atoms with E-state index in [1.807, 2.05) is 31.2 Å². The molecule has 0 fully saturated rings. The monoisotopic (exact) mass is 284 g/mol. The molecule has 1 aromatic heterocycles. The Bertz CT molecular complexity index is 651. The highest BCUT2D eigenvalue weighted by Crippen LogP contribution is 2.25. The number of carbonyl (C=O) groups is 1. The number of hydrogen-bond acceptors (Lipinski definition) is 3. The number of ether oxygens (including phenoxy) is 1. The van der Waals surface area contributed by atoms with Gasteiger partial charge in [0.25, 0.3) is 5.91 Å². The third kappa shape index (κ3) is 3.60. The fourth-order valence-electron chi connectivity index (χ4n) is 2.08. The van der Waals surface area contributed by atoms with Crippen molar-refractivity contribution in [1.29, 1.82) is 0 Å². The molecule has 0 bridgehead atoms. The van der Waals surface area contributed by atoms with Crippen LogP contribution in [0.15, 0.2) is 36.5 Å². The van der Waals surface area contributed by atoms with E-state index >= 15 is 0 Å². The quantitative estimate of drug-likeness (QED) is 0.929. The normalized spacial score (nSPS) is 10.5. The standard InChI is InChI=1S/C17H20N2O2/c1-11(2)13-5-6-16(21-4)15(10-13)17(20)19-14-7-8-18-12(3)9-14/h5-11H,1-4H3,(H,18,19,20). The smallest absolute Gasteiger partial charge is 0.259 e. The summed E-state index contributed by atoms with van der Waals surface area (Å²) in [5.74, 6) is 0.744. The molecular weight excluding hydrogens is 264 g/mol. The maximum atomic E-state index is 12.5. The van der Waals surface area contributed by atoms with Crippen LogP contribution in [0.3, 0.4) is 0 Å². The van der Waals surface area contributed by atoms with Crippen molar-refractivity contribution in [1.82, 2.24) is 4.98 Å². The van der Waals surface area contributed by atoms with Gasteiger partial charge in [-0.15, -0.1) is 0 Å². The average molecular weight is 284 g/mol. The summed E-state index contributed by atoms with van der Waals surface area (Å²) in [5, 5.41) is 2.88. The third-order valence-electron chi connectivity index (χ3n) is 3.29. The topological polar surface area (TPSA) is 51.2 Å². The second-order valence-corrected chi connectivity index (χ2v) is 5.25. The summed E-state index contributed by atoms with van der Waals surface area (Å²) in [6.07, 6.45) is 1.67. The first-order valence-electron chi connectivity index (χ1n) is 6.93. The SMILES string of the molecule is COc1ccc(C(C)C)cc1C(=O)Nc1ccnc(C)c1. The number of nitrogens with zero attached hydrogens (tertiary/aromatic N) is 1. The first-order valence-corrected chi connectivity index (χ1v) is 6.93. The number of hydrogen-bond donors (Lipinski definition) is 1. The largest absolute Gasteiger partial charge is 0.496 e. The van der Waals surface area contributed by atoms with Gasteiger partial charge in [-0.25, -0.2) is 0 Å². The summed E-state index contributed by atoms with van der Waals surface area (Å²) < 4.78 is 5.29. The Hall–Kier alpha value is -2.36. The molecular formula is C17H20N2O2. The minimum atomic E-state index is -0.181. The van der Waals surface area contributed by atoms with Crippen LogP contribution < -0.4 is 10.1 Å². The van der Waals surface area contributed by atoms with Crippen LogP contribution in [0.1, 0.15) is 41.4 Å². The number of anilines is 1. The summed E-state index contributed by atoms with van der Waals surface area (Å²) in [7, 11) is 1.57. The van der Waals surface area contributed by atoms with Crippen LogP contribution in [-0.4, -0.2) is 18.0 Å². The molecule has 1 heterocycles. The van der Waals surface area contributed by atoms with Crippen LogP contribution in [0.5, 0.6) is 5.75 Å². The molecule has 2 rings (SSSR count). The highest BCUT2D eigenvalue weighted by Gasteiger charge is 2.14. The first kappa shape index (κ1) is 15.0. The van der Waals surface area contributed by atoms with E-state index in [9.17, 15) is 4.79 Å². The van der Waals surface area contributed by atoms with Crippen molar-refractivity contribution < 1.29 is 9.53 Å². The van der Waals surface area contributed by atoms with E-state index < -0.39 is 0 Å². The van der Waals surface area contributed by atoms with E-state index in [1.165, 1.54) is 0 Å². The Balaban J connectivity index is 2.31. The van der Waals surface area contributed by atoms with E-state index in [0.717, 1.165) is 16.9 Å². The zero-order chi connectivity index (χ0) is 15.4. The number of carbonyl (C=O) groups excluding carboxylic acids is 1. The van der Waals surface area contributed by atoms with Gasteiger partial charge in [0.2, 0.25) is 0 Å². The predicted octanol–water partition coefficient (Wildman–Crippen LogP) is 3.77. The number of amides is 1. The second-order valence-electron chi connectivity index (χ2n) is 5.25. The van der Waals surface area contributed by atoms with Crippen molar-refractivity contribution in [2.75, 3.05) is 12.4 Å². The summed E-state index contributed by atoms with van der Waals surface area (Å²) in [6.45, 7) is 6.07. The average Bonchev–Trinajstić information content (AvgIpc) is 2.46. The number of nitrogens with one attached hydrogen (secondary N) is 1. The van der Waals surface area contributed by atoms with Gasteiger partial charge < -0.3 is 10.1 Å². The Labute approximate surface area is 125 Å². The molecule has 0 spiro atoms. The van der Waals surface area contributed by atoms with Crippen LogP contribution >= 0.6 is 0 Å². The lowest BCUT2D eigenvalue weighted by Gasteiger charge is -2.13. The van der Waals surface area contributed by atoms with Crippen molar-refractivity contribution in [3.63, 3.8) is 0 Å². The number of pyridine rings is 1.